The van der Waals surface area contributed by atoms with Crippen LogP contribution in [0, 0.1) is 0 Å². The molecule has 0 aliphatic rings. The van der Waals surface area contributed by atoms with Crippen LogP contribution in [0.5, 0.6) is 0 Å². The molecule has 0 aliphatic heterocycles. The predicted molar refractivity (Wildman–Crippen MR) is 95.8 cm³/mol. The van der Waals surface area contributed by atoms with Crippen LogP contribution in [0.15, 0.2) is 73.1 Å². The summed E-state index contributed by atoms with van der Waals surface area (Å²) >= 11 is 0. The van der Waals surface area contributed by atoms with Gasteiger partial charge in [0.1, 0.15) is 0 Å². The third-order valence-corrected chi connectivity index (χ3v) is 3.20. The molecule has 0 bridgehead atoms. The first-order valence-corrected chi connectivity index (χ1v) is 7.09. The van der Waals surface area contributed by atoms with E-state index >= 15 is 0 Å². The maximum absolute atomic E-state index is 11.5. The van der Waals surface area contributed by atoms with Crippen molar-refractivity contribution >= 4 is 23.2 Å². The van der Waals surface area contributed by atoms with Gasteiger partial charge in [0.05, 0.1) is 11.4 Å². The molecule has 6 heteroatoms. The third kappa shape index (κ3) is 4.23. The van der Waals surface area contributed by atoms with Crippen LogP contribution in [-0.2, 0) is 9.59 Å². The van der Waals surface area contributed by atoms with Gasteiger partial charge in [0, 0.05) is 11.4 Å². The lowest BCUT2D eigenvalue weighted by molar-refractivity contribution is -0.113. The molecule has 2 aromatic rings. The highest BCUT2D eigenvalue weighted by atomic mass is 16.2. The number of hydrogen-bond acceptors (Lipinski definition) is 4. The fraction of sp³-hybridized carbons (Fsp3) is 0. The van der Waals surface area contributed by atoms with E-state index in [-0.39, 0.29) is 11.4 Å². The number of anilines is 2. The number of hydrogen-bond donors (Lipinski definition) is 4. The molecule has 24 heavy (non-hydrogen) atoms. The van der Waals surface area contributed by atoms with E-state index in [0.717, 1.165) is 11.1 Å². The smallest absolute Gasteiger partial charge is 0.270 e. The highest BCUT2D eigenvalue weighted by molar-refractivity contribution is 6.03. The van der Waals surface area contributed by atoms with Crippen molar-refractivity contribution in [1.82, 2.24) is 0 Å². The zero-order chi connectivity index (χ0) is 17.7. The van der Waals surface area contributed by atoms with Crippen molar-refractivity contribution < 1.29 is 9.59 Å². The van der Waals surface area contributed by atoms with Gasteiger partial charge in [-0.1, -0.05) is 37.4 Å². The zero-order valence-electron chi connectivity index (χ0n) is 13.0. The molecular formula is C18H18N4O2. The van der Waals surface area contributed by atoms with Crippen molar-refractivity contribution in [1.29, 1.82) is 0 Å². The lowest BCUT2D eigenvalue weighted by Gasteiger charge is -2.08. The Labute approximate surface area is 139 Å². The van der Waals surface area contributed by atoms with E-state index in [1.807, 2.05) is 24.3 Å². The average Bonchev–Trinajstić information content (AvgIpc) is 2.56. The standard InChI is InChI=1S/C18H18N4O2/c1-11(19)17(23)21-15-7-3-13(4-8-15)14-5-9-16(10-6-14)22-18(24)12(2)20/h3-10H,1-2,19-20H2,(H,21,23)(H,22,24). The molecule has 0 radical (unpaired) electrons. The maximum atomic E-state index is 11.5. The summed E-state index contributed by atoms with van der Waals surface area (Å²) in [6, 6.07) is 14.5. The molecule has 2 rings (SSSR count). The Morgan fingerprint density at radius 2 is 0.958 bits per heavy atom. The molecule has 6 N–H and O–H groups in total. The SMILES string of the molecule is C=C(N)C(=O)Nc1ccc(-c2ccc(NC(=O)C(=C)N)cc2)cc1. The topological polar surface area (TPSA) is 110 Å². The molecule has 0 aliphatic carbocycles. The number of nitrogens with one attached hydrogen (secondary N) is 2. The normalized spacial score (nSPS) is 9.83. The minimum atomic E-state index is -0.427. The van der Waals surface area contributed by atoms with E-state index in [1.54, 1.807) is 24.3 Å². The Hall–Kier alpha value is -3.54. The zero-order valence-corrected chi connectivity index (χ0v) is 13.0. The van der Waals surface area contributed by atoms with E-state index in [0.29, 0.717) is 11.4 Å². The Bertz CT molecular complexity index is 723. The van der Waals surface area contributed by atoms with Gasteiger partial charge in [-0.05, 0) is 35.4 Å². The molecule has 0 spiro atoms. The van der Waals surface area contributed by atoms with E-state index in [9.17, 15) is 9.59 Å². The number of nitrogens with two attached hydrogens (primary N) is 2. The number of amides is 2. The number of carbonyl (C=O) groups is 2. The van der Waals surface area contributed by atoms with Gasteiger partial charge in [-0.25, -0.2) is 0 Å². The Kier molecular flexibility index (Phi) is 5.01. The second kappa shape index (κ2) is 7.15. The van der Waals surface area contributed by atoms with Crippen LogP contribution in [0.1, 0.15) is 0 Å². The van der Waals surface area contributed by atoms with Crippen LogP contribution in [-0.4, -0.2) is 11.8 Å². The monoisotopic (exact) mass is 322 g/mol. The van der Waals surface area contributed by atoms with Crippen LogP contribution in [0.25, 0.3) is 11.1 Å². The van der Waals surface area contributed by atoms with Crippen molar-refractivity contribution in [2.45, 2.75) is 0 Å². The first-order valence-electron chi connectivity index (χ1n) is 7.09. The first-order chi connectivity index (χ1) is 11.4. The summed E-state index contributed by atoms with van der Waals surface area (Å²) in [5, 5.41) is 5.26. The van der Waals surface area contributed by atoms with Gasteiger partial charge in [-0.3, -0.25) is 9.59 Å². The van der Waals surface area contributed by atoms with Gasteiger partial charge in [-0.2, -0.15) is 0 Å². The van der Waals surface area contributed by atoms with E-state index < -0.39 is 11.8 Å². The summed E-state index contributed by atoms with van der Waals surface area (Å²) in [5.41, 5.74) is 13.7. The molecule has 0 heterocycles. The van der Waals surface area contributed by atoms with Gasteiger partial charge in [0.25, 0.3) is 11.8 Å². The average molecular weight is 322 g/mol. The summed E-state index contributed by atoms with van der Waals surface area (Å²) in [4.78, 5) is 22.9. The summed E-state index contributed by atoms with van der Waals surface area (Å²) in [6.45, 7) is 6.76. The van der Waals surface area contributed by atoms with Crippen LogP contribution < -0.4 is 22.1 Å². The molecule has 0 saturated carbocycles. The molecule has 0 unspecified atom stereocenters. The Morgan fingerprint density at radius 1 is 0.667 bits per heavy atom. The van der Waals surface area contributed by atoms with Crippen LogP contribution >= 0.6 is 0 Å². The Balaban J connectivity index is 2.09. The van der Waals surface area contributed by atoms with Crippen molar-refractivity contribution in [2.24, 2.45) is 11.5 Å². The predicted octanol–water partition coefficient (Wildman–Crippen LogP) is 2.18. The maximum Gasteiger partial charge on any atom is 0.270 e. The molecule has 0 saturated heterocycles. The quantitative estimate of drug-likeness (QED) is 0.632. The van der Waals surface area contributed by atoms with Gasteiger partial charge < -0.3 is 22.1 Å². The van der Waals surface area contributed by atoms with Gasteiger partial charge in [-0.15, -0.1) is 0 Å². The van der Waals surface area contributed by atoms with E-state index in [4.69, 9.17) is 11.5 Å². The molecule has 2 aromatic carbocycles. The number of rotatable bonds is 5. The molecule has 0 atom stereocenters. The molecule has 0 fully saturated rings. The van der Waals surface area contributed by atoms with Crippen molar-refractivity contribution in [3.05, 3.63) is 73.1 Å². The highest BCUT2D eigenvalue weighted by Gasteiger charge is 2.05. The second-order valence-electron chi connectivity index (χ2n) is 5.11. The largest absolute Gasteiger partial charge is 0.395 e. The molecule has 6 nitrogen and oxygen atoms in total. The number of benzene rings is 2. The van der Waals surface area contributed by atoms with Crippen LogP contribution in [0.4, 0.5) is 11.4 Å². The van der Waals surface area contributed by atoms with Gasteiger partial charge in [0.2, 0.25) is 0 Å². The second-order valence-corrected chi connectivity index (χ2v) is 5.11. The molecule has 122 valence electrons. The van der Waals surface area contributed by atoms with E-state index in [1.165, 1.54) is 0 Å². The summed E-state index contributed by atoms with van der Waals surface area (Å²) in [5.74, 6) is -0.853. The van der Waals surface area contributed by atoms with Crippen molar-refractivity contribution in [2.75, 3.05) is 10.6 Å². The van der Waals surface area contributed by atoms with Gasteiger partial charge >= 0.3 is 0 Å². The first kappa shape index (κ1) is 16.8. The summed E-state index contributed by atoms with van der Waals surface area (Å²) in [6.07, 6.45) is 0. The summed E-state index contributed by atoms with van der Waals surface area (Å²) < 4.78 is 0. The van der Waals surface area contributed by atoms with Crippen LogP contribution in [0.2, 0.25) is 0 Å². The van der Waals surface area contributed by atoms with Gasteiger partial charge in [0.15, 0.2) is 0 Å². The lowest BCUT2D eigenvalue weighted by Crippen LogP contribution is -2.18. The van der Waals surface area contributed by atoms with Crippen molar-refractivity contribution in [3.8, 4) is 11.1 Å². The number of carbonyl (C=O) groups excluding carboxylic acids is 2. The third-order valence-electron chi connectivity index (χ3n) is 3.20. The fourth-order valence-electron chi connectivity index (χ4n) is 1.91. The Morgan fingerprint density at radius 3 is 1.21 bits per heavy atom. The van der Waals surface area contributed by atoms with Crippen molar-refractivity contribution in [3.63, 3.8) is 0 Å². The van der Waals surface area contributed by atoms with E-state index in [2.05, 4.69) is 23.8 Å². The molecular weight excluding hydrogens is 304 g/mol. The summed E-state index contributed by atoms with van der Waals surface area (Å²) in [7, 11) is 0. The minimum Gasteiger partial charge on any atom is -0.395 e. The molecule has 2 amide bonds. The van der Waals surface area contributed by atoms with Crippen LogP contribution in [0.3, 0.4) is 0 Å². The lowest BCUT2D eigenvalue weighted by atomic mass is 10.0. The minimum absolute atomic E-state index is 0.0446. The fourth-order valence-corrected chi connectivity index (χ4v) is 1.91. The highest BCUT2D eigenvalue weighted by Crippen LogP contribution is 2.23. The molecule has 0 aromatic heterocycles.